The fourth-order valence-corrected chi connectivity index (χ4v) is 3.53. The van der Waals surface area contributed by atoms with Gasteiger partial charge >= 0.3 is 0 Å². The lowest BCUT2D eigenvalue weighted by Gasteiger charge is -2.36. The summed E-state index contributed by atoms with van der Waals surface area (Å²) in [6.45, 7) is 0. The lowest BCUT2D eigenvalue weighted by Crippen LogP contribution is -2.28. The van der Waals surface area contributed by atoms with Crippen LogP contribution in [0.1, 0.15) is 30.4 Å². The number of rotatable bonds is 0. The Morgan fingerprint density at radius 3 is 2.65 bits per heavy atom. The molecule has 0 bridgehead atoms. The van der Waals surface area contributed by atoms with Crippen molar-refractivity contribution in [3.63, 3.8) is 0 Å². The minimum atomic E-state index is -0.283. The summed E-state index contributed by atoms with van der Waals surface area (Å²) in [5.41, 5.74) is 1.82. The van der Waals surface area contributed by atoms with Crippen LogP contribution >= 0.6 is 0 Å². The van der Waals surface area contributed by atoms with E-state index in [4.69, 9.17) is 4.74 Å². The molecule has 100 valence electrons. The van der Waals surface area contributed by atoms with Crippen LogP contribution in [0.25, 0.3) is 0 Å². The monoisotopic (exact) mass is 266 g/mol. The minimum absolute atomic E-state index is 0.183. The average molecular weight is 266 g/mol. The number of hydrogen-bond donors (Lipinski definition) is 1. The summed E-state index contributed by atoms with van der Waals surface area (Å²) in [4.78, 5) is 11.9. The Balaban J connectivity index is 2.00. The van der Waals surface area contributed by atoms with Crippen molar-refractivity contribution in [1.29, 1.82) is 0 Å². The Labute approximate surface area is 116 Å². The van der Waals surface area contributed by atoms with E-state index in [9.17, 15) is 9.90 Å². The number of ether oxygens (including phenoxy) is 1. The van der Waals surface area contributed by atoms with E-state index in [1.54, 1.807) is 12.1 Å². The van der Waals surface area contributed by atoms with Crippen LogP contribution in [0.15, 0.2) is 42.5 Å². The maximum atomic E-state index is 11.9. The summed E-state index contributed by atoms with van der Waals surface area (Å²) in [6.07, 6.45) is 1.93. The second-order valence-corrected chi connectivity index (χ2v) is 5.58. The molecule has 1 fully saturated rings. The molecule has 3 heteroatoms. The lowest BCUT2D eigenvalue weighted by atomic mass is 9.71. The van der Waals surface area contributed by atoms with Crippen molar-refractivity contribution in [2.45, 2.75) is 24.7 Å². The Morgan fingerprint density at radius 2 is 1.85 bits per heavy atom. The van der Waals surface area contributed by atoms with Gasteiger partial charge in [-0.2, -0.15) is 0 Å². The van der Waals surface area contributed by atoms with E-state index in [-0.39, 0.29) is 11.2 Å². The third-order valence-corrected chi connectivity index (χ3v) is 4.43. The Morgan fingerprint density at radius 1 is 1.05 bits per heavy atom. The molecule has 2 aromatic rings. The minimum Gasteiger partial charge on any atom is -0.508 e. The van der Waals surface area contributed by atoms with Crippen LogP contribution in [0, 0.1) is 0 Å². The van der Waals surface area contributed by atoms with Crippen molar-refractivity contribution in [3.05, 3.63) is 53.6 Å². The quantitative estimate of drug-likeness (QED) is 0.793. The van der Waals surface area contributed by atoms with Crippen molar-refractivity contribution in [3.8, 4) is 17.2 Å². The van der Waals surface area contributed by atoms with E-state index in [1.165, 1.54) is 0 Å². The van der Waals surface area contributed by atoms with Gasteiger partial charge in [-0.05, 0) is 18.6 Å². The molecule has 4 rings (SSSR count). The fraction of sp³-hybridized carbons (Fsp3) is 0.235. The molecule has 1 aliphatic heterocycles. The summed E-state index contributed by atoms with van der Waals surface area (Å²) in [7, 11) is 0. The summed E-state index contributed by atoms with van der Waals surface area (Å²) >= 11 is 0. The van der Waals surface area contributed by atoms with Crippen LogP contribution in [0.4, 0.5) is 0 Å². The van der Waals surface area contributed by atoms with Gasteiger partial charge in [0.2, 0.25) is 0 Å². The highest BCUT2D eigenvalue weighted by Gasteiger charge is 2.47. The van der Waals surface area contributed by atoms with Gasteiger partial charge in [-0.25, -0.2) is 0 Å². The van der Waals surface area contributed by atoms with Gasteiger partial charge in [-0.15, -0.1) is 0 Å². The van der Waals surface area contributed by atoms with Crippen LogP contribution in [0.3, 0.4) is 0 Å². The third-order valence-electron chi connectivity index (χ3n) is 4.43. The molecule has 1 atom stereocenters. The van der Waals surface area contributed by atoms with Gasteiger partial charge in [0.25, 0.3) is 0 Å². The second kappa shape index (κ2) is 3.85. The third kappa shape index (κ3) is 1.43. The molecule has 0 radical (unpaired) electrons. The van der Waals surface area contributed by atoms with E-state index < -0.39 is 0 Å². The number of phenols is 1. The molecule has 1 N–H and O–H groups in total. The normalized spacial score (nSPS) is 23.3. The van der Waals surface area contributed by atoms with Gasteiger partial charge in [0.1, 0.15) is 23.0 Å². The van der Waals surface area contributed by atoms with E-state index in [1.807, 2.05) is 30.3 Å². The molecule has 1 spiro atoms. The molecule has 0 aromatic heterocycles. The molecule has 1 unspecified atom stereocenters. The largest absolute Gasteiger partial charge is 0.508 e. The molecule has 0 amide bonds. The number of phenolic OH excluding ortho intramolecular Hbond substituents is 1. The molecule has 0 saturated heterocycles. The molecule has 1 heterocycles. The molecule has 2 aliphatic rings. The van der Waals surface area contributed by atoms with Gasteiger partial charge in [0, 0.05) is 35.4 Å². The Kier molecular flexibility index (Phi) is 2.22. The zero-order valence-electron chi connectivity index (χ0n) is 10.9. The molecule has 3 nitrogen and oxygen atoms in total. The number of Topliss-reactive ketones (excluding diaryl/α,β-unsaturated/α-hetero) is 1. The molecular formula is C17H14O3. The zero-order chi connectivity index (χ0) is 13.7. The van der Waals surface area contributed by atoms with E-state index in [2.05, 4.69) is 0 Å². The van der Waals surface area contributed by atoms with Crippen LogP contribution in [-0.2, 0) is 10.2 Å². The van der Waals surface area contributed by atoms with Crippen LogP contribution in [0.2, 0.25) is 0 Å². The van der Waals surface area contributed by atoms with Gasteiger partial charge < -0.3 is 9.84 Å². The average Bonchev–Trinajstić information content (AvgIpc) is 2.82. The molecule has 20 heavy (non-hydrogen) atoms. The number of aromatic hydroxyl groups is 1. The number of carbonyl (C=O) groups excluding carboxylic acids is 1. The molecule has 2 aromatic carbocycles. The van der Waals surface area contributed by atoms with Crippen LogP contribution < -0.4 is 4.74 Å². The van der Waals surface area contributed by atoms with E-state index >= 15 is 0 Å². The highest BCUT2D eigenvalue weighted by atomic mass is 16.5. The maximum absolute atomic E-state index is 11.9. The van der Waals surface area contributed by atoms with E-state index in [0.717, 1.165) is 23.3 Å². The number of carbonyl (C=O) groups is 1. The number of para-hydroxylation sites is 1. The topological polar surface area (TPSA) is 46.5 Å². The predicted molar refractivity (Wildman–Crippen MR) is 74.3 cm³/mol. The fourth-order valence-electron chi connectivity index (χ4n) is 3.53. The zero-order valence-corrected chi connectivity index (χ0v) is 10.9. The number of ketones is 1. The SMILES string of the molecule is O=C1CCC2(C1)c1ccccc1Oc1cc(O)ccc12. The predicted octanol–water partition coefficient (Wildman–Crippen LogP) is 3.54. The first-order valence-corrected chi connectivity index (χ1v) is 6.82. The lowest BCUT2D eigenvalue weighted by molar-refractivity contribution is -0.117. The summed E-state index contributed by atoms with van der Waals surface area (Å²) in [6, 6.07) is 13.1. The highest BCUT2D eigenvalue weighted by Crippen LogP contribution is 2.55. The van der Waals surface area contributed by atoms with Gasteiger partial charge in [0.15, 0.2) is 0 Å². The summed E-state index contributed by atoms with van der Waals surface area (Å²) in [5, 5.41) is 9.67. The maximum Gasteiger partial charge on any atom is 0.135 e. The highest BCUT2D eigenvalue weighted by molar-refractivity contribution is 5.85. The first-order chi connectivity index (χ1) is 9.69. The number of hydrogen-bond acceptors (Lipinski definition) is 3. The Hall–Kier alpha value is -2.29. The first-order valence-electron chi connectivity index (χ1n) is 6.82. The standard InChI is InChI=1S/C17H14O3/c18-11-5-6-14-16(9-11)20-15-4-2-1-3-13(15)17(14)8-7-12(19)10-17/h1-6,9,18H,7-8,10H2. The van der Waals surface area contributed by atoms with Gasteiger partial charge in [-0.1, -0.05) is 24.3 Å². The van der Waals surface area contributed by atoms with Crippen molar-refractivity contribution in [2.24, 2.45) is 0 Å². The second-order valence-electron chi connectivity index (χ2n) is 5.58. The number of fused-ring (bicyclic) bond motifs is 4. The van der Waals surface area contributed by atoms with Crippen molar-refractivity contribution < 1.29 is 14.6 Å². The van der Waals surface area contributed by atoms with Gasteiger partial charge in [-0.3, -0.25) is 4.79 Å². The molecule has 1 saturated carbocycles. The van der Waals surface area contributed by atoms with Crippen molar-refractivity contribution >= 4 is 5.78 Å². The van der Waals surface area contributed by atoms with Gasteiger partial charge in [0.05, 0.1) is 0 Å². The van der Waals surface area contributed by atoms with E-state index in [0.29, 0.717) is 24.4 Å². The van der Waals surface area contributed by atoms with Crippen molar-refractivity contribution in [1.82, 2.24) is 0 Å². The molecule has 1 aliphatic carbocycles. The first kappa shape index (κ1) is 11.5. The van der Waals surface area contributed by atoms with Crippen LogP contribution in [-0.4, -0.2) is 10.9 Å². The Bertz CT molecular complexity index is 720. The smallest absolute Gasteiger partial charge is 0.135 e. The van der Waals surface area contributed by atoms with Crippen LogP contribution in [0.5, 0.6) is 17.2 Å². The number of benzene rings is 2. The summed E-state index contributed by atoms with van der Waals surface area (Å²) < 4.78 is 5.91. The summed E-state index contributed by atoms with van der Waals surface area (Å²) in [5.74, 6) is 1.93. The van der Waals surface area contributed by atoms with Crippen molar-refractivity contribution in [2.75, 3.05) is 0 Å². The molecular weight excluding hydrogens is 252 g/mol.